The van der Waals surface area contributed by atoms with Gasteiger partial charge in [0.1, 0.15) is 11.4 Å². The van der Waals surface area contributed by atoms with Crippen LogP contribution in [-0.2, 0) is 17.1 Å². The first-order chi connectivity index (χ1) is 9.06. The summed E-state index contributed by atoms with van der Waals surface area (Å²) in [6.45, 7) is 1.82. The van der Waals surface area contributed by atoms with Gasteiger partial charge in [0.25, 0.3) is 0 Å². The number of carbonyl (C=O) groups excluding carboxylic acids is 1. The van der Waals surface area contributed by atoms with Gasteiger partial charge >= 0.3 is 5.97 Å². The van der Waals surface area contributed by atoms with Crippen molar-refractivity contribution in [2.75, 3.05) is 7.11 Å². The SMILES string of the molecule is COC(=O)c1nc(-c2nn(C)nc2C)cnc1CBr. The van der Waals surface area contributed by atoms with Gasteiger partial charge in [0.05, 0.1) is 24.7 Å². The smallest absolute Gasteiger partial charge is 0.358 e. The van der Waals surface area contributed by atoms with Crippen LogP contribution in [0.2, 0.25) is 0 Å². The first-order valence-corrected chi connectivity index (χ1v) is 6.57. The molecule has 0 aliphatic heterocycles. The van der Waals surface area contributed by atoms with Crippen LogP contribution in [0.4, 0.5) is 0 Å². The molecule has 2 aromatic heterocycles. The molecule has 2 aromatic rings. The summed E-state index contributed by atoms with van der Waals surface area (Å²) in [4.78, 5) is 21.6. The van der Waals surface area contributed by atoms with Crippen LogP contribution in [0.15, 0.2) is 6.20 Å². The Balaban J connectivity index is 2.54. The maximum Gasteiger partial charge on any atom is 0.358 e. The van der Waals surface area contributed by atoms with Gasteiger partial charge in [-0.1, -0.05) is 15.9 Å². The van der Waals surface area contributed by atoms with Crippen molar-refractivity contribution in [1.29, 1.82) is 0 Å². The monoisotopic (exact) mass is 325 g/mol. The van der Waals surface area contributed by atoms with Crippen molar-refractivity contribution in [2.24, 2.45) is 7.05 Å². The third-order valence-electron chi connectivity index (χ3n) is 2.48. The first-order valence-electron chi connectivity index (χ1n) is 5.45. The van der Waals surface area contributed by atoms with E-state index in [1.807, 2.05) is 6.92 Å². The second-order valence-corrected chi connectivity index (χ2v) is 4.36. The summed E-state index contributed by atoms with van der Waals surface area (Å²) < 4.78 is 4.70. The van der Waals surface area contributed by atoms with Crippen LogP contribution in [0.5, 0.6) is 0 Å². The van der Waals surface area contributed by atoms with E-state index in [0.717, 1.165) is 5.69 Å². The second-order valence-electron chi connectivity index (χ2n) is 3.80. The highest BCUT2D eigenvalue weighted by molar-refractivity contribution is 9.08. The Bertz CT molecular complexity index is 626. The predicted molar refractivity (Wildman–Crippen MR) is 70.7 cm³/mol. The normalized spacial score (nSPS) is 10.5. The van der Waals surface area contributed by atoms with E-state index in [-0.39, 0.29) is 5.69 Å². The van der Waals surface area contributed by atoms with E-state index >= 15 is 0 Å². The number of alkyl halides is 1. The highest BCUT2D eigenvalue weighted by Gasteiger charge is 2.18. The van der Waals surface area contributed by atoms with Gasteiger partial charge in [0, 0.05) is 12.4 Å². The van der Waals surface area contributed by atoms with Crippen LogP contribution < -0.4 is 0 Å². The zero-order chi connectivity index (χ0) is 14.0. The lowest BCUT2D eigenvalue weighted by Crippen LogP contribution is -2.10. The summed E-state index contributed by atoms with van der Waals surface area (Å²) >= 11 is 3.26. The number of methoxy groups -OCH3 is 1. The van der Waals surface area contributed by atoms with E-state index < -0.39 is 5.97 Å². The predicted octanol–water partition coefficient (Wildman–Crippen LogP) is 1.26. The van der Waals surface area contributed by atoms with E-state index in [0.29, 0.717) is 22.4 Å². The minimum Gasteiger partial charge on any atom is -0.464 e. The van der Waals surface area contributed by atoms with Crippen LogP contribution in [0.25, 0.3) is 11.4 Å². The number of halogens is 1. The Morgan fingerprint density at radius 3 is 2.74 bits per heavy atom. The molecule has 0 unspecified atom stereocenters. The van der Waals surface area contributed by atoms with Crippen LogP contribution in [0.3, 0.4) is 0 Å². The van der Waals surface area contributed by atoms with Gasteiger partial charge in [0.15, 0.2) is 5.69 Å². The van der Waals surface area contributed by atoms with E-state index in [2.05, 4.69) is 36.1 Å². The summed E-state index contributed by atoms with van der Waals surface area (Å²) in [5.74, 6) is -0.523. The first kappa shape index (κ1) is 13.6. The van der Waals surface area contributed by atoms with Crippen molar-refractivity contribution in [3.63, 3.8) is 0 Å². The van der Waals surface area contributed by atoms with Gasteiger partial charge in [-0.15, -0.1) is 0 Å². The topological polar surface area (TPSA) is 82.8 Å². The molecule has 2 heterocycles. The molecular formula is C11H12BrN5O2. The summed E-state index contributed by atoms with van der Waals surface area (Å²) in [7, 11) is 3.03. The molecule has 0 saturated heterocycles. The molecule has 7 nitrogen and oxygen atoms in total. The lowest BCUT2D eigenvalue weighted by Gasteiger charge is -2.05. The zero-order valence-corrected chi connectivity index (χ0v) is 12.3. The van der Waals surface area contributed by atoms with Crippen molar-refractivity contribution in [3.8, 4) is 11.4 Å². The number of aromatic nitrogens is 5. The van der Waals surface area contributed by atoms with Gasteiger partial charge < -0.3 is 4.74 Å². The molecule has 100 valence electrons. The molecule has 0 saturated carbocycles. The van der Waals surface area contributed by atoms with Crippen molar-refractivity contribution in [3.05, 3.63) is 23.3 Å². The standard InChI is InChI=1S/C11H12BrN5O2/c1-6-9(16-17(2)15-6)8-5-13-7(4-12)10(14-8)11(18)19-3/h5H,4H2,1-3H3. The van der Waals surface area contributed by atoms with Gasteiger partial charge in [0.2, 0.25) is 0 Å². The number of aryl methyl sites for hydroxylation is 2. The largest absolute Gasteiger partial charge is 0.464 e. The third kappa shape index (κ3) is 2.62. The molecule has 0 bridgehead atoms. The molecule has 0 radical (unpaired) electrons. The molecule has 19 heavy (non-hydrogen) atoms. The van der Waals surface area contributed by atoms with Gasteiger partial charge in [-0.2, -0.15) is 15.0 Å². The molecule has 2 rings (SSSR count). The number of hydrogen-bond acceptors (Lipinski definition) is 6. The number of hydrogen-bond donors (Lipinski definition) is 0. The highest BCUT2D eigenvalue weighted by Crippen LogP contribution is 2.19. The Kier molecular flexibility index (Phi) is 3.89. The molecular weight excluding hydrogens is 314 g/mol. The van der Waals surface area contributed by atoms with E-state index in [1.165, 1.54) is 11.9 Å². The maximum absolute atomic E-state index is 11.7. The number of ether oxygens (including phenoxy) is 1. The summed E-state index contributed by atoms with van der Waals surface area (Å²) in [5.41, 5.74) is 2.52. The molecule has 0 aromatic carbocycles. The Labute approximate surface area is 118 Å². The maximum atomic E-state index is 11.7. The quantitative estimate of drug-likeness (QED) is 0.624. The third-order valence-corrected chi connectivity index (χ3v) is 3.01. The fraction of sp³-hybridized carbons (Fsp3) is 0.364. The average molecular weight is 326 g/mol. The fourth-order valence-electron chi connectivity index (χ4n) is 1.63. The number of carbonyl (C=O) groups is 1. The second kappa shape index (κ2) is 5.43. The minimum atomic E-state index is -0.523. The summed E-state index contributed by atoms with van der Waals surface area (Å²) in [5, 5.41) is 8.76. The highest BCUT2D eigenvalue weighted by atomic mass is 79.9. The molecule has 8 heteroatoms. The zero-order valence-electron chi connectivity index (χ0n) is 10.7. The Hall–Kier alpha value is -1.83. The van der Waals surface area contributed by atoms with Crippen LogP contribution in [-0.4, -0.2) is 38.0 Å². The van der Waals surface area contributed by atoms with Crippen LogP contribution in [0, 0.1) is 6.92 Å². The lowest BCUT2D eigenvalue weighted by atomic mass is 10.2. The van der Waals surface area contributed by atoms with Gasteiger partial charge in [-0.05, 0) is 6.92 Å². The van der Waals surface area contributed by atoms with Crippen molar-refractivity contribution in [2.45, 2.75) is 12.3 Å². The van der Waals surface area contributed by atoms with Crippen molar-refractivity contribution < 1.29 is 9.53 Å². The van der Waals surface area contributed by atoms with Crippen molar-refractivity contribution in [1.82, 2.24) is 25.0 Å². The van der Waals surface area contributed by atoms with E-state index in [1.54, 1.807) is 13.2 Å². The fourth-order valence-corrected chi connectivity index (χ4v) is 2.04. The number of esters is 1. The average Bonchev–Trinajstić information content (AvgIpc) is 2.76. The minimum absolute atomic E-state index is 0.182. The molecule has 0 aliphatic rings. The van der Waals surface area contributed by atoms with E-state index in [9.17, 15) is 4.79 Å². The Morgan fingerprint density at radius 2 is 2.21 bits per heavy atom. The summed E-state index contributed by atoms with van der Waals surface area (Å²) in [6.07, 6.45) is 1.57. The molecule has 0 spiro atoms. The molecule has 0 aliphatic carbocycles. The molecule has 0 N–H and O–H groups in total. The molecule has 0 atom stereocenters. The van der Waals surface area contributed by atoms with E-state index in [4.69, 9.17) is 4.74 Å². The molecule has 0 fully saturated rings. The number of rotatable bonds is 3. The molecule has 0 amide bonds. The van der Waals surface area contributed by atoms with Crippen LogP contribution in [0.1, 0.15) is 21.9 Å². The summed E-state index contributed by atoms with van der Waals surface area (Å²) in [6, 6.07) is 0. The number of nitrogens with zero attached hydrogens (tertiary/aromatic N) is 5. The Morgan fingerprint density at radius 1 is 1.47 bits per heavy atom. The lowest BCUT2D eigenvalue weighted by molar-refractivity contribution is 0.0592. The van der Waals surface area contributed by atoms with Gasteiger partial charge in [-0.25, -0.2) is 9.78 Å². The van der Waals surface area contributed by atoms with Gasteiger partial charge in [-0.3, -0.25) is 4.98 Å². The van der Waals surface area contributed by atoms with Crippen molar-refractivity contribution >= 4 is 21.9 Å². The van der Waals surface area contributed by atoms with Crippen LogP contribution >= 0.6 is 15.9 Å².